The second kappa shape index (κ2) is 19.2. The average molecular weight is 646 g/mol. The van der Waals surface area contributed by atoms with Gasteiger partial charge in [0, 0.05) is 13.1 Å². The minimum atomic E-state index is -0.489. The van der Waals surface area contributed by atoms with Gasteiger partial charge in [0.05, 0.1) is 50.6 Å². The monoisotopic (exact) mass is 645 g/mol. The first-order valence-electron chi connectivity index (χ1n) is 16.7. The highest BCUT2D eigenvalue weighted by Crippen LogP contribution is 2.27. The van der Waals surface area contributed by atoms with E-state index in [2.05, 4.69) is 12.1 Å². The Hall–Kier alpha value is -4.53. The SMILES string of the molecule is CCOC(=O)CC1CCCN(C(=O)c2cc(C(=O)OCC)ccc2OCCCc2ccc(OCCCCOc3ccccc3)cc2)C1. The van der Waals surface area contributed by atoms with E-state index in [4.69, 9.17) is 23.7 Å². The summed E-state index contributed by atoms with van der Waals surface area (Å²) in [5.74, 6) is 1.21. The molecule has 0 N–H and O–H groups in total. The number of amides is 1. The second-order valence-electron chi connectivity index (χ2n) is 11.5. The van der Waals surface area contributed by atoms with Gasteiger partial charge < -0.3 is 28.6 Å². The Kier molecular flexibility index (Phi) is 14.4. The normalized spacial score (nSPS) is 14.3. The number of hydrogen-bond donors (Lipinski definition) is 0. The lowest BCUT2D eigenvalue weighted by molar-refractivity contribution is -0.144. The Morgan fingerprint density at radius 1 is 0.766 bits per heavy atom. The molecule has 0 saturated carbocycles. The Morgan fingerprint density at radius 2 is 1.45 bits per heavy atom. The van der Waals surface area contributed by atoms with E-state index in [0.717, 1.165) is 55.6 Å². The van der Waals surface area contributed by atoms with E-state index in [1.165, 1.54) is 0 Å². The van der Waals surface area contributed by atoms with Crippen LogP contribution in [0.5, 0.6) is 17.2 Å². The number of rotatable bonds is 18. The van der Waals surface area contributed by atoms with Crippen molar-refractivity contribution in [2.75, 3.05) is 46.1 Å². The van der Waals surface area contributed by atoms with Crippen molar-refractivity contribution in [3.05, 3.63) is 89.5 Å². The van der Waals surface area contributed by atoms with Gasteiger partial charge in [0.1, 0.15) is 17.2 Å². The molecule has 9 heteroatoms. The number of para-hydroxylation sites is 1. The lowest BCUT2D eigenvalue weighted by atomic mass is 9.94. The first-order chi connectivity index (χ1) is 23.0. The molecule has 3 aromatic rings. The molecule has 0 aliphatic carbocycles. The van der Waals surface area contributed by atoms with E-state index in [-0.39, 0.29) is 30.8 Å². The Labute approximate surface area is 278 Å². The zero-order valence-corrected chi connectivity index (χ0v) is 27.6. The van der Waals surface area contributed by atoms with Crippen LogP contribution >= 0.6 is 0 Å². The minimum absolute atomic E-state index is 0.0284. The molecule has 1 saturated heterocycles. The van der Waals surface area contributed by atoms with Gasteiger partial charge in [-0.25, -0.2) is 4.79 Å². The second-order valence-corrected chi connectivity index (χ2v) is 11.5. The van der Waals surface area contributed by atoms with Crippen molar-refractivity contribution in [3.63, 3.8) is 0 Å². The number of likely N-dealkylation sites (tertiary alicyclic amines) is 1. The fourth-order valence-electron chi connectivity index (χ4n) is 5.52. The first-order valence-corrected chi connectivity index (χ1v) is 16.7. The van der Waals surface area contributed by atoms with Crippen LogP contribution in [-0.2, 0) is 20.7 Å². The molecule has 9 nitrogen and oxygen atoms in total. The van der Waals surface area contributed by atoms with Gasteiger partial charge >= 0.3 is 11.9 Å². The third kappa shape index (κ3) is 11.6. The van der Waals surface area contributed by atoms with Crippen LogP contribution in [0, 0.1) is 5.92 Å². The number of nitrogens with zero attached hydrogens (tertiary/aromatic N) is 1. The highest BCUT2D eigenvalue weighted by Gasteiger charge is 2.28. The van der Waals surface area contributed by atoms with Crippen LogP contribution in [-0.4, -0.2) is 68.9 Å². The Balaban J connectivity index is 1.26. The number of ether oxygens (including phenoxy) is 5. The molecule has 47 heavy (non-hydrogen) atoms. The zero-order valence-electron chi connectivity index (χ0n) is 27.6. The number of piperidine rings is 1. The van der Waals surface area contributed by atoms with E-state index in [0.29, 0.717) is 56.4 Å². The van der Waals surface area contributed by atoms with E-state index >= 15 is 0 Å². The largest absolute Gasteiger partial charge is 0.494 e. The lowest BCUT2D eigenvalue weighted by Gasteiger charge is -2.32. The van der Waals surface area contributed by atoms with Gasteiger partial charge in [0.15, 0.2) is 0 Å². The quantitative estimate of drug-likeness (QED) is 0.109. The van der Waals surface area contributed by atoms with Gasteiger partial charge in [-0.1, -0.05) is 30.3 Å². The molecule has 1 aliphatic rings. The Bertz CT molecular complexity index is 1410. The van der Waals surface area contributed by atoms with E-state index in [1.54, 1.807) is 36.9 Å². The molecule has 0 aromatic heterocycles. The molecule has 1 heterocycles. The zero-order chi connectivity index (χ0) is 33.3. The molecule has 0 radical (unpaired) electrons. The van der Waals surface area contributed by atoms with Crippen LogP contribution in [0.2, 0.25) is 0 Å². The summed E-state index contributed by atoms with van der Waals surface area (Å²) in [5.41, 5.74) is 1.78. The van der Waals surface area contributed by atoms with Crippen LogP contribution in [0.3, 0.4) is 0 Å². The van der Waals surface area contributed by atoms with E-state index in [9.17, 15) is 14.4 Å². The molecule has 252 valence electrons. The maximum absolute atomic E-state index is 13.7. The van der Waals surface area contributed by atoms with Gasteiger partial charge in [-0.3, -0.25) is 9.59 Å². The molecule has 4 rings (SSSR count). The van der Waals surface area contributed by atoms with Crippen LogP contribution in [0.15, 0.2) is 72.8 Å². The molecule has 1 amide bonds. The Morgan fingerprint density at radius 3 is 2.15 bits per heavy atom. The van der Waals surface area contributed by atoms with Gasteiger partial charge in [0.2, 0.25) is 0 Å². The number of carbonyl (C=O) groups is 3. The molecule has 0 bridgehead atoms. The summed E-state index contributed by atoms with van der Waals surface area (Å²) in [7, 11) is 0. The minimum Gasteiger partial charge on any atom is -0.494 e. The fourth-order valence-corrected chi connectivity index (χ4v) is 5.52. The third-order valence-corrected chi connectivity index (χ3v) is 7.90. The molecular weight excluding hydrogens is 598 g/mol. The van der Waals surface area contributed by atoms with E-state index < -0.39 is 5.97 Å². The highest BCUT2D eigenvalue weighted by atomic mass is 16.5. The molecule has 1 aliphatic heterocycles. The smallest absolute Gasteiger partial charge is 0.338 e. The van der Waals surface area contributed by atoms with Crippen molar-refractivity contribution in [1.82, 2.24) is 4.90 Å². The number of aryl methyl sites for hydroxylation is 1. The maximum atomic E-state index is 13.7. The molecule has 1 fully saturated rings. The summed E-state index contributed by atoms with van der Waals surface area (Å²) in [5, 5.41) is 0. The summed E-state index contributed by atoms with van der Waals surface area (Å²) in [4.78, 5) is 40.0. The summed E-state index contributed by atoms with van der Waals surface area (Å²) >= 11 is 0. The lowest BCUT2D eigenvalue weighted by Crippen LogP contribution is -2.40. The van der Waals surface area contributed by atoms with Gasteiger partial charge in [0.25, 0.3) is 5.91 Å². The molecular formula is C38H47NO8. The third-order valence-electron chi connectivity index (χ3n) is 7.90. The standard InChI is InChI=1S/C38H47NO8/c1-3-43-36(40)26-30-12-10-22-39(28-30)37(41)34-27-31(38(42)44-4-2)18-21-35(34)47-25-11-13-29-16-19-33(20-17-29)46-24-9-8-23-45-32-14-6-5-7-15-32/h5-7,14-21,27,30H,3-4,8-13,22-26,28H2,1-2H3. The molecule has 1 unspecified atom stereocenters. The number of carbonyl (C=O) groups excluding carboxylic acids is 3. The predicted molar refractivity (Wildman–Crippen MR) is 179 cm³/mol. The van der Waals surface area contributed by atoms with Gasteiger partial charge in [-0.15, -0.1) is 0 Å². The highest BCUT2D eigenvalue weighted by molar-refractivity contribution is 6.00. The molecule has 3 aromatic carbocycles. The van der Waals surface area contributed by atoms with Crippen LogP contribution < -0.4 is 14.2 Å². The topological polar surface area (TPSA) is 101 Å². The predicted octanol–water partition coefficient (Wildman–Crippen LogP) is 6.92. The number of unbranched alkanes of at least 4 members (excludes halogenated alkanes) is 1. The van der Waals surface area contributed by atoms with Crippen molar-refractivity contribution in [2.24, 2.45) is 5.92 Å². The van der Waals surface area contributed by atoms with Gasteiger partial charge in [-0.2, -0.15) is 0 Å². The van der Waals surface area contributed by atoms with Crippen LogP contribution in [0.1, 0.15) is 78.7 Å². The maximum Gasteiger partial charge on any atom is 0.338 e. The summed E-state index contributed by atoms with van der Waals surface area (Å²) in [6, 6.07) is 22.7. The first kappa shape index (κ1) is 35.3. The van der Waals surface area contributed by atoms with Crippen molar-refractivity contribution in [1.29, 1.82) is 0 Å². The fraction of sp³-hybridized carbons (Fsp3) is 0.447. The number of benzene rings is 3. The summed E-state index contributed by atoms with van der Waals surface area (Å²) in [6.07, 6.45) is 5.28. The van der Waals surface area contributed by atoms with E-state index in [1.807, 2.05) is 42.5 Å². The molecule has 1 atom stereocenters. The summed E-state index contributed by atoms with van der Waals surface area (Å²) in [6.45, 7) is 6.80. The molecule has 0 spiro atoms. The van der Waals surface area contributed by atoms with Crippen LogP contribution in [0.4, 0.5) is 0 Å². The van der Waals surface area contributed by atoms with Crippen molar-refractivity contribution in [2.45, 2.75) is 58.8 Å². The van der Waals surface area contributed by atoms with Crippen molar-refractivity contribution < 1.29 is 38.1 Å². The van der Waals surface area contributed by atoms with Gasteiger partial charge in [-0.05, 0) is 106 Å². The number of hydrogen-bond acceptors (Lipinski definition) is 8. The van der Waals surface area contributed by atoms with Crippen molar-refractivity contribution in [3.8, 4) is 17.2 Å². The van der Waals surface area contributed by atoms with Crippen molar-refractivity contribution >= 4 is 17.8 Å². The number of esters is 2. The summed E-state index contributed by atoms with van der Waals surface area (Å²) < 4.78 is 28.0. The van der Waals surface area contributed by atoms with Crippen LogP contribution in [0.25, 0.3) is 0 Å². The average Bonchev–Trinajstić information content (AvgIpc) is 3.09.